The minimum absolute atomic E-state index is 0.00221. The Morgan fingerprint density at radius 1 is 1.30 bits per heavy atom. The summed E-state index contributed by atoms with van der Waals surface area (Å²) in [5.74, 6) is 0.561. The molecule has 0 saturated carbocycles. The molecule has 0 atom stereocenters. The first-order valence-electron chi connectivity index (χ1n) is 10.2. The maximum Gasteiger partial charge on any atom is 0.274 e. The molecule has 30 heavy (non-hydrogen) atoms. The Morgan fingerprint density at radius 3 is 2.77 bits per heavy atom. The van der Waals surface area contributed by atoms with Gasteiger partial charge < -0.3 is 24.7 Å². The van der Waals surface area contributed by atoms with Crippen molar-refractivity contribution in [2.75, 3.05) is 13.2 Å². The number of carbonyl (C=O) groups excluding carboxylic acids is 1. The average molecular weight is 412 g/mol. The summed E-state index contributed by atoms with van der Waals surface area (Å²) in [4.78, 5) is 27.0. The molecule has 7 nitrogen and oxygen atoms in total. The summed E-state index contributed by atoms with van der Waals surface area (Å²) >= 11 is 0. The number of nitrogens with one attached hydrogen (secondary N) is 2. The number of aromatic nitrogens is 2. The second-order valence-electron chi connectivity index (χ2n) is 7.90. The Morgan fingerprint density at radius 2 is 2.07 bits per heavy atom. The molecule has 0 unspecified atom stereocenters. The predicted molar refractivity (Wildman–Crippen MR) is 118 cm³/mol. The zero-order chi connectivity index (χ0) is 21.9. The molecule has 160 valence electrons. The van der Waals surface area contributed by atoms with Crippen LogP contribution in [0.25, 0.3) is 22.0 Å². The van der Waals surface area contributed by atoms with Crippen LogP contribution >= 0.6 is 0 Å². The van der Waals surface area contributed by atoms with Gasteiger partial charge in [-0.15, -0.1) is 0 Å². The van der Waals surface area contributed by atoms with E-state index < -0.39 is 5.60 Å². The zero-order valence-electron chi connectivity index (χ0n) is 17.9. The lowest BCUT2D eigenvalue weighted by atomic mass is 9.94. The van der Waals surface area contributed by atoms with Gasteiger partial charge in [-0.25, -0.2) is 0 Å². The Balaban J connectivity index is 1.94. The van der Waals surface area contributed by atoms with Crippen molar-refractivity contribution in [2.45, 2.75) is 39.2 Å². The van der Waals surface area contributed by atoms with Gasteiger partial charge in [-0.05, 0) is 44.9 Å². The molecule has 3 aromatic rings. The van der Waals surface area contributed by atoms with Gasteiger partial charge in [0.25, 0.3) is 5.56 Å². The molecule has 0 aliphatic rings. The van der Waals surface area contributed by atoms with Crippen LogP contribution in [0.2, 0.25) is 0 Å². The van der Waals surface area contributed by atoms with Crippen LogP contribution in [0, 0.1) is 0 Å². The highest BCUT2D eigenvalue weighted by atomic mass is 16.5. The van der Waals surface area contributed by atoms with Crippen molar-refractivity contribution in [2.24, 2.45) is 7.05 Å². The number of ether oxygens (including phenoxy) is 1. The van der Waals surface area contributed by atoms with E-state index in [0.29, 0.717) is 42.8 Å². The van der Waals surface area contributed by atoms with E-state index in [9.17, 15) is 14.7 Å². The van der Waals surface area contributed by atoms with E-state index in [1.807, 2.05) is 31.2 Å². The Bertz CT molecular complexity index is 1110. The largest absolute Gasteiger partial charge is 0.493 e. The normalized spacial score (nSPS) is 11.6. The fraction of sp³-hybridized carbons (Fsp3) is 0.391. The van der Waals surface area contributed by atoms with Gasteiger partial charge in [0.15, 0.2) is 0 Å². The van der Waals surface area contributed by atoms with Crippen LogP contribution in [0.5, 0.6) is 5.75 Å². The Hall–Kier alpha value is -3.06. The Labute approximate surface area is 175 Å². The number of hydrogen-bond donors (Lipinski definition) is 3. The van der Waals surface area contributed by atoms with E-state index in [-0.39, 0.29) is 11.5 Å². The summed E-state index contributed by atoms with van der Waals surface area (Å²) in [6.45, 7) is 6.27. The van der Waals surface area contributed by atoms with Gasteiger partial charge in [-0.1, -0.05) is 12.1 Å². The summed E-state index contributed by atoms with van der Waals surface area (Å²) in [5.41, 5.74) is 1.81. The molecule has 0 bridgehead atoms. The number of aliphatic hydroxyl groups is 1. The van der Waals surface area contributed by atoms with E-state index in [4.69, 9.17) is 4.74 Å². The number of carbonyl (C=O) groups is 1. The number of aryl methyl sites for hydroxylation is 1. The second kappa shape index (κ2) is 8.75. The van der Waals surface area contributed by atoms with Crippen LogP contribution < -0.4 is 15.6 Å². The number of pyridine rings is 1. The molecule has 0 saturated heterocycles. The number of fused-ring (bicyclic) bond motifs is 1. The SMILES string of the molecule is CCNC(=O)CCCOc1cc(-c2cn(C)c(=O)c3[nH]ccc23)ccc1C(C)(C)O. The number of nitrogens with zero attached hydrogens (tertiary/aromatic N) is 1. The molecule has 0 aliphatic heterocycles. The van der Waals surface area contributed by atoms with Gasteiger partial charge >= 0.3 is 0 Å². The lowest BCUT2D eigenvalue weighted by molar-refractivity contribution is -0.121. The molecular weight excluding hydrogens is 382 g/mol. The fourth-order valence-corrected chi connectivity index (χ4v) is 3.51. The number of hydrogen-bond acceptors (Lipinski definition) is 4. The molecule has 0 aliphatic carbocycles. The fourth-order valence-electron chi connectivity index (χ4n) is 3.51. The molecule has 0 radical (unpaired) electrons. The highest BCUT2D eigenvalue weighted by molar-refractivity contribution is 5.94. The van der Waals surface area contributed by atoms with Crippen LogP contribution in [-0.2, 0) is 17.4 Å². The minimum atomic E-state index is -1.08. The van der Waals surface area contributed by atoms with Crippen LogP contribution in [0.4, 0.5) is 0 Å². The van der Waals surface area contributed by atoms with E-state index in [1.54, 1.807) is 37.9 Å². The summed E-state index contributed by atoms with van der Waals surface area (Å²) in [6, 6.07) is 7.52. The summed E-state index contributed by atoms with van der Waals surface area (Å²) in [6.07, 6.45) is 4.51. The zero-order valence-corrected chi connectivity index (χ0v) is 17.9. The van der Waals surface area contributed by atoms with Gasteiger partial charge in [0.2, 0.25) is 5.91 Å². The van der Waals surface area contributed by atoms with Crippen molar-refractivity contribution in [3.63, 3.8) is 0 Å². The second-order valence-corrected chi connectivity index (χ2v) is 7.90. The van der Waals surface area contributed by atoms with Crippen molar-refractivity contribution in [1.82, 2.24) is 14.9 Å². The van der Waals surface area contributed by atoms with E-state index in [1.165, 1.54) is 0 Å². The molecule has 2 aromatic heterocycles. The summed E-state index contributed by atoms with van der Waals surface area (Å²) < 4.78 is 7.53. The smallest absolute Gasteiger partial charge is 0.274 e. The number of aromatic amines is 1. The number of rotatable bonds is 8. The minimum Gasteiger partial charge on any atom is -0.493 e. The third-order valence-electron chi connectivity index (χ3n) is 5.03. The molecule has 0 spiro atoms. The van der Waals surface area contributed by atoms with E-state index in [0.717, 1.165) is 16.5 Å². The van der Waals surface area contributed by atoms with Crippen molar-refractivity contribution < 1.29 is 14.6 Å². The summed E-state index contributed by atoms with van der Waals surface area (Å²) in [7, 11) is 1.72. The van der Waals surface area contributed by atoms with E-state index >= 15 is 0 Å². The first-order valence-corrected chi connectivity index (χ1v) is 10.2. The molecule has 7 heteroatoms. The molecule has 3 N–H and O–H groups in total. The number of amides is 1. The van der Waals surface area contributed by atoms with E-state index in [2.05, 4.69) is 10.3 Å². The van der Waals surface area contributed by atoms with Gasteiger partial charge in [0.1, 0.15) is 11.3 Å². The first-order chi connectivity index (χ1) is 14.2. The highest BCUT2D eigenvalue weighted by Gasteiger charge is 2.22. The summed E-state index contributed by atoms with van der Waals surface area (Å²) in [5, 5.41) is 14.2. The van der Waals surface area contributed by atoms with Crippen LogP contribution in [0.1, 0.15) is 39.2 Å². The lowest BCUT2D eigenvalue weighted by Gasteiger charge is -2.22. The van der Waals surface area contributed by atoms with Crippen LogP contribution in [0.15, 0.2) is 41.5 Å². The molecule has 2 heterocycles. The quantitative estimate of drug-likeness (QED) is 0.497. The predicted octanol–water partition coefficient (Wildman–Crippen LogP) is 3.06. The molecular formula is C23H29N3O4. The monoisotopic (exact) mass is 411 g/mol. The van der Waals surface area contributed by atoms with Gasteiger partial charge in [-0.3, -0.25) is 9.59 Å². The maximum absolute atomic E-state index is 12.3. The van der Waals surface area contributed by atoms with Crippen molar-refractivity contribution in [1.29, 1.82) is 0 Å². The van der Waals surface area contributed by atoms with Crippen LogP contribution in [0.3, 0.4) is 0 Å². The van der Waals surface area contributed by atoms with Crippen molar-refractivity contribution >= 4 is 16.8 Å². The maximum atomic E-state index is 12.3. The van der Waals surface area contributed by atoms with Gasteiger partial charge in [0, 0.05) is 48.9 Å². The van der Waals surface area contributed by atoms with Crippen molar-refractivity contribution in [3.05, 3.63) is 52.6 Å². The molecule has 0 fully saturated rings. The third-order valence-corrected chi connectivity index (χ3v) is 5.03. The third kappa shape index (κ3) is 4.57. The van der Waals surface area contributed by atoms with Gasteiger partial charge in [-0.2, -0.15) is 0 Å². The Kier molecular flexibility index (Phi) is 6.31. The molecule has 1 amide bonds. The lowest BCUT2D eigenvalue weighted by Crippen LogP contribution is -2.23. The van der Waals surface area contributed by atoms with Crippen molar-refractivity contribution in [3.8, 4) is 16.9 Å². The number of benzene rings is 1. The van der Waals surface area contributed by atoms with Gasteiger partial charge in [0.05, 0.1) is 12.2 Å². The highest BCUT2D eigenvalue weighted by Crippen LogP contribution is 2.35. The molecule has 1 aromatic carbocycles. The average Bonchev–Trinajstić information content (AvgIpc) is 3.17. The van der Waals surface area contributed by atoms with Crippen LogP contribution in [-0.4, -0.2) is 33.7 Å². The first kappa shape index (κ1) is 21.6. The molecule has 3 rings (SSSR count). The number of H-pyrrole nitrogens is 1. The standard InChI is InChI=1S/C23H29N3O4/c1-5-24-20(27)7-6-12-30-19-13-15(8-9-18(19)23(2,3)29)17-14-26(4)22(28)21-16(17)10-11-25-21/h8-11,13-14,25,29H,5-7,12H2,1-4H3,(H,24,27). The topological polar surface area (TPSA) is 96.4 Å².